The van der Waals surface area contributed by atoms with Crippen molar-refractivity contribution < 1.29 is 9.13 Å². The molecular weight excluding hydrogens is 253 g/mol. The van der Waals surface area contributed by atoms with E-state index < -0.39 is 0 Å². The normalized spacial score (nSPS) is 11.9. The van der Waals surface area contributed by atoms with Gasteiger partial charge in [0.05, 0.1) is 12.8 Å². The van der Waals surface area contributed by atoms with Crippen LogP contribution in [0.1, 0.15) is 24.8 Å². The Kier molecular flexibility index (Phi) is 4.99. The number of hydrogen-bond donors (Lipinski definition) is 1. The van der Waals surface area contributed by atoms with Crippen molar-refractivity contribution in [1.82, 2.24) is 0 Å². The largest absolute Gasteiger partial charge is 0.497 e. The predicted octanol–water partition coefficient (Wildman–Crippen LogP) is 4.44. The minimum Gasteiger partial charge on any atom is -0.497 e. The van der Waals surface area contributed by atoms with Crippen LogP contribution >= 0.6 is 0 Å². The highest BCUT2D eigenvalue weighted by Crippen LogP contribution is 2.22. The molecule has 0 aliphatic carbocycles. The summed E-state index contributed by atoms with van der Waals surface area (Å²) in [7, 11) is 1.58. The summed E-state index contributed by atoms with van der Waals surface area (Å²) in [4.78, 5) is 0. The van der Waals surface area contributed by atoms with Crippen molar-refractivity contribution in [3.05, 3.63) is 59.9 Å². The van der Waals surface area contributed by atoms with Crippen molar-refractivity contribution in [1.29, 1.82) is 0 Å². The number of nitrogens with one attached hydrogen (secondary N) is 1. The lowest BCUT2D eigenvalue weighted by atomic mass is 9.98. The van der Waals surface area contributed by atoms with E-state index in [2.05, 4.69) is 24.4 Å². The molecule has 0 fully saturated rings. The number of hydrogen-bond acceptors (Lipinski definition) is 2. The zero-order chi connectivity index (χ0) is 14.4. The average Bonchev–Trinajstić information content (AvgIpc) is 2.50. The Balaban J connectivity index is 1.90. The fourth-order valence-corrected chi connectivity index (χ4v) is 2.14. The highest BCUT2D eigenvalue weighted by atomic mass is 19.1. The van der Waals surface area contributed by atoms with Crippen molar-refractivity contribution in [3.8, 4) is 5.75 Å². The Morgan fingerprint density at radius 2 is 1.90 bits per heavy atom. The number of methoxy groups -OCH3 is 1. The number of halogens is 1. The molecular formula is C17H20FNO. The highest BCUT2D eigenvalue weighted by Gasteiger charge is 2.07. The SMILES string of the molecule is COc1ccc(F)c(NCCC(C)c2ccccc2)c1. The second-order valence-electron chi connectivity index (χ2n) is 4.87. The van der Waals surface area contributed by atoms with E-state index in [-0.39, 0.29) is 5.82 Å². The molecule has 0 bridgehead atoms. The molecule has 106 valence electrons. The van der Waals surface area contributed by atoms with Crippen molar-refractivity contribution in [3.63, 3.8) is 0 Å². The molecule has 0 aliphatic rings. The molecule has 0 aliphatic heterocycles. The Labute approximate surface area is 119 Å². The van der Waals surface area contributed by atoms with Gasteiger partial charge >= 0.3 is 0 Å². The average molecular weight is 273 g/mol. The van der Waals surface area contributed by atoms with Gasteiger partial charge in [0, 0.05) is 12.6 Å². The molecule has 1 unspecified atom stereocenters. The van der Waals surface area contributed by atoms with Crippen molar-refractivity contribution in [2.24, 2.45) is 0 Å². The van der Waals surface area contributed by atoms with Crippen LogP contribution in [0.25, 0.3) is 0 Å². The Morgan fingerprint density at radius 1 is 1.15 bits per heavy atom. The van der Waals surface area contributed by atoms with Crippen molar-refractivity contribution >= 4 is 5.69 Å². The standard InChI is InChI=1S/C17H20FNO/c1-13(14-6-4-3-5-7-14)10-11-19-17-12-15(20-2)8-9-16(17)18/h3-9,12-13,19H,10-11H2,1-2H3. The molecule has 2 aromatic rings. The van der Waals surface area contributed by atoms with E-state index in [1.165, 1.54) is 11.6 Å². The number of ether oxygens (including phenoxy) is 1. The summed E-state index contributed by atoms with van der Waals surface area (Å²) in [6.07, 6.45) is 0.945. The second kappa shape index (κ2) is 6.94. The third kappa shape index (κ3) is 3.73. The van der Waals surface area contributed by atoms with Crippen LogP contribution < -0.4 is 10.1 Å². The summed E-state index contributed by atoms with van der Waals surface area (Å²) in [5.41, 5.74) is 1.80. The van der Waals surface area contributed by atoms with Gasteiger partial charge in [-0.1, -0.05) is 37.3 Å². The first-order valence-electron chi connectivity index (χ1n) is 6.83. The highest BCUT2D eigenvalue weighted by molar-refractivity contribution is 5.49. The fraction of sp³-hybridized carbons (Fsp3) is 0.294. The van der Waals surface area contributed by atoms with Crippen LogP contribution in [-0.4, -0.2) is 13.7 Å². The van der Waals surface area contributed by atoms with Gasteiger partial charge in [-0.15, -0.1) is 0 Å². The minimum atomic E-state index is -0.252. The van der Waals surface area contributed by atoms with E-state index >= 15 is 0 Å². The Bertz CT molecular complexity index is 542. The molecule has 1 N–H and O–H groups in total. The van der Waals surface area contributed by atoms with Crippen LogP contribution in [0.3, 0.4) is 0 Å². The maximum Gasteiger partial charge on any atom is 0.146 e. The van der Waals surface area contributed by atoms with E-state index in [1.807, 2.05) is 18.2 Å². The van der Waals surface area contributed by atoms with Gasteiger partial charge in [-0.3, -0.25) is 0 Å². The zero-order valence-electron chi connectivity index (χ0n) is 11.9. The molecule has 0 aromatic heterocycles. The molecule has 20 heavy (non-hydrogen) atoms. The third-order valence-corrected chi connectivity index (χ3v) is 3.43. The summed E-state index contributed by atoms with van der Waals surface area (Å²) < 4.78 is 18.7. The van der Waals surface area contributed by atoms with E-state index in [4.69, 9.17) is 4.74 Å². The summed E-state index contributed by atoms with van der Waals surface area (Å²) in [6.45, 7) is 2.90. The van der Waals surface area contributed by atoms with Gasteiger partial charge in [0.2, 0.25) is 0 Å². The summed E-state index contributed by atoms with van der Waals surface area (Å²) in [6, 6.07) is 15.1. The summed E-state index contributed by atoms with van der Waals surface area (Å²) >= 11 is 0. The lowest BCUT2D eigenvalue weighted by Gasteiger charge is -2.14. The van der Waals surface area contributed by atoms with Crippen LogP contribution in [0.2, 0.25) is 0 Å². The molecule has 0 radical (unpaired) electrons. The monoisotopic (exact) mass is 273 g/mol. The maximum atomic E-state index is 13.6. The van der Waals surface area contributed by atoms with Gasteiger partial charge in [0.1, 0.15) is 11.6 Å². The molecule has 0 saturated carbocycles. The molecule has 3 heteroatoms. The lowest BCUT2D eigenvalue weighted by Crippen LogP contribution is -2.07. The number of anilines is 1. The van der Waals surface area contributed by atoms with Gasteiger partial charge in [0.25, 0.3) is 0 Å². The van der Waals surface area contributed by atoms with Crippen molar-refractivity contribution in [2.45, 2.75) is 19.3 Å². The first-order chi connectivity index (χ1) is 9.70. The number of benzene rings is 2. The van der Waals surface area contributed by atoms with Crippen LogP contribution in [0.4, 0.5) is 10.1 Å². The topological polar surface area (TPSA) is 21.3 Å². The van der Waals surface area contributed by atoms with E-state index in [0.29, 0.717) is 17.4 Å². The van der Waals surface area contributed by atoms with E-state index in [0.717, 1.165) is 13.0 Å². The molecule has 0 saturated heterocycles. The zero-order valence-corrected chi connectivity index (χ0v) is 11.9. The lowest BCUT2D eigenvalue weighted by molar-refractivity contribution is 0.414. The van der Waals surface area contributed by atoms with Crippen LogP contribution in [-0.2, 0) is 0 Å². The molecule has 0 heterocycles. The van der Waals surface area contributed by atoms with E-state index in [9.17, 15) is 4.39 Å². The molecule has 2 nitrogen and oxygen atoms in total. The van der Waals surface area contributed by atoms with Gasteiger partial charge in [0.15, 0.2) is 0 Å². The molecule has 2 rings (SSSR count). The van der Waals surface area contributed by atoms with Gasteiger partial charge in [-0.25, -0.2) is 4.39 Å². The van der Waals surface area contributed by atoms with Crippen LogP contribution in [0.5, 0.6) is 5.75 Å². The van der Waals surface area contributed by atoms with Crippen LogP contribution in [0, 0.1) is 5.82 Å². The third-order valence-electron chi connectivity index (χ3n) is 3.43. The van der Waals surface area contributed by atoms with Gasteiger partial charge in [-0.05, 0) is 30.0 Å². The fourth-order valence-electron chi connectivity index (χ4n) is 2.14. The Morgan fingerprint density at radius 3 is 2.60 bits per heavy atom. The molecule has 1 atom stereocenters. The molecule has 0 spiro atoms. The molecule has 2 aromatic carbocycles. The van der Waals surface area contributed by atoms with Gasteiger partial charge in [-0.2, -0.15) is 0 Å². The van der Waals surface area contributed by atoms with E-state index in [1.54, 1.807) is 19.2 Å². The summed E-state index contributed by atoms with van der Waals surface area (Å²) in [5.74, 6) is 0.848. The van der Waals surface area contributed by atoms with Crippen LogP contribution in [0.15, 0.2) is 48.5 Å². The smallest absolute Gasteiger partial charge is 0.146 e. The predicted molar refractivity (Wildman–Crippen MR) is 80.9 cm³/mol. The molecule has 0 amide bonds. The first kappa shape index (κ1) is 14.4. The Hall–Kier alpha value is -2.03. The number of rotatable bonds is 6. The minimum absolute atomic E-state index is 0.252. The van der Waals surface area contributed by atoms with Gasteiger partial charge < -0.3 is 10.1 Å². The second-order valence-corrected chi connectivity index (χ2v) is 4.87. The quantitative estimate of drug-likeness (QED) is 0.840. The first-order valence-corrected chi connectivity index (χ1v) is 6.83. The maximum absolute atomic E-state index is 13.6. The summed E-state index contributed by atoms with van der Waals surface area (Å²) in [5, 5.41) is 3.13. The van der Waals surface area contributed by atoms with Crippen molar-refractivity contribution in [2.75, 3.05) is 19.0 Å².